The number of aryl methyl sites for hydroxylation is 2. The first-order valence-corrected chi connectivity index (χ1v) is 7.84. The second-order valence-electron chi connectivity index (χ2n) is 4.92. The van der Waals surface area contributed by atoms with Gasteiger partial charge in [-0.25, -0.2) is 9.50 Å². The maximum atomic E-state index is 4.70. The van der Waals surface area contributed by atoms with Crippen LogP contribution in [0.5, 0.6) is 0 Å². The van der Waals surface area contributed by atoms with E-state index in [9.17, 15) is 0 Å². The first kappa shape index (κ1) is 13.1. The predicted molar refractivity (Wildman–Crippen MR) is 85.7 cm³/mol. The molecule has 108 valence electrons. The summed E-state index contributed by atoms with van der Waals surface area (Å²) in [4.78, 5) is 13.5. The topological polar surface area (TPSA) is 56.0 Å². The van der Waals surface area contributed by atoms with Crippen LogP contribution in [0.1, 0.15) is 10.6 Å². The summed E-state index contributed by atoms with van der Waals surface area (Å²) in [6.07, 6.45) is 11.0. The molecule has 5 nitrogen and oxygen atoms in total. The van der Waals surface area contributed by atoms with Crippen LogP contribution >= 0.6 is 11.3 Å². The third-order valence-electron chi connectivity index (χ3n) is 3.48. The molecule has 4 heterocycles. The minimum absolute atomic E-state index is 0.911. The first-order valence-electron chi connectivity index (χ1n) is 7.03. The van der Waals surface area contributed by atoms with Gasteiger partial charge in [-0.1, -0.05) is 11.3 Å². The zero-order valence-electron chi connectivity index (χ0n) is 11.8. The van der Waals surface area contributed by atoms with E-state index < -0.39 is 0 Å². The summed E-state index contributed by atoms with van der Waals surface area (Å²) in [5.74, 6) is 0. The molecule has 0 atom stereocenters. The van der Waals surface area contributed by atoms with Crippen molar-refractivity contribution in [1.82, 2.24) is 24.6 Å². The standard InChI is InChI=1S/C16H13N5S/c1(12-3-7-17-8-4-12)2-15-20-21-14(11-19-16(21)22-15)13-5-9-18-10-6-13/h3-11H,1-2H2. The van der Waals surface area contributed by atoms with E-state index in [2.05, 4.69) is 15.0 Å². The lowest BCUT2D eigenvalue weighted by Crippen LogP contribution is -1.94. The van der Waals surface area contributed by atoms with Gasteiger partial charge in [-0.2, -0.15) is 5.10 Å². The number of hydrogen-bond donors (Lipinski definition) is 0. The Morgan fingerprint density at radius 2 is 1.64 bits per heavy atom. The third kappa shape index (κ3) is 2.48. The van der Waals surface area contributed by atoms with Crippen molar-refractivity contribution in [3.63, 3.8) is 0 Å². The lowest BCUT2D eigenvalue weighted by molar-refractivity contribution is 0.868. The molecule has 0 amide bonds. The van der Waals surface area contributed by atoms with Gasteiger partial charge in [0.1, 0.15) is 5.01 Å². The highest BCUT2D eigenvalue weighted by atomic mass is 32.1. The summed E-state index contributed by atoms with van der Waals surface area (Å²) in [6.45, 7) is 0. The second-order valence-corrected chi connectivity index (χ2v) is 5.97. The van der Waals surface area contributed by atoms with Crippen molar-refractivity contribution in [2.24, 2.45) is 0 Å². The molecule has 0 radical (unpaired) electrons. The highest BCUT2D eigenvalue weighted by Gasteiger charge is 2.11. The summed E-state index contributed by atoms with van der Waals surface area (Å²) in [7, 11) is 0. The van der Waals surface area contributed by atoms with E-state index in [4.69, 9.17) is 5.10 Å². The lowest BCUT2D eigenvalue weighted by atomic mass is 10.1. The van der Waals surface area contributed by atoms with Gasteiger partial charge in [-0.3, -0.25) is 9.97 Å². The van der Waals surface area contributed by atoms with Crippen LogP contribution in [0, 0.1) is 0 Å². The molecule has 0 fully saturated rings. The maximum absolute atomic E-state index is 4.70. The SMILES string of the molecule is c1cc(CCc2nn3c(-c4ccncc4)cnc3s2)ccn1. The second kappa shape index (κ2) is 5.65. The Kier molecular flexibility index (Phi) is 3.36. The van der Waals surface area contributed by atoms with E-state index in [1.54, 1.807) is 23.7 Å². The molecule has 6 heteroatoms. The number of rotatable bonds is 4. The predicted octanol–water partition coefficient (Wildman–Crippen LogP) is 3.03. The van der Waals surface area contributed by atoms with Gasteiger partial charge in [0, 0.05) is 36.8 Å². The highest BCUT2D eigenvalue weighted by Crippen LogP contribution is 2.23. The van der Waals surface area contributed by atoms with E-state index >= 15 is 0 Å². The van der Waals surface area contributed by atoms with Crippen LogP contribution in [0.25, 0.3) is 16.2 Å². The van der Waals surface area contributed by atoms with E-state index in [1.165, 1.54) is 5.56 Å². The summed E-state index contributed by atoms with van der Waals surface area (Å²) in [5.41, 5.74) is 3.36. The Morgan fingerprint density at radius 1 is 0.909 bits per heavy atom. The van der Waals surface area contributed by atoms with Gasteiger partial charge in [0.15, 0.2) is 0 Å². The molecule has 0 spiro atoms. The maximum Gasteiger partial charge on any atom is 0.212 e. The van der Waals surface area contributed by atoms with Crippen molar-refractivity contribution in [3.05, 3.63) is 65.8 Å². The number of hydrogen-bond acceptors (Lipinski definition) is 5. The fourth-order valence-electron chi connectivity index (χ4n) is 2.35. The lowest BCUT2D eigenvalue weighted by Gasteiger charge is -1.98. The Morgan fingerprint density at radius 3 is 2.41 bits per heavy atom. The molecule has 22 heavy (non-hydrogen) atoms. The average Bonchev–Trinajstić information content (AvgIpc) is 3.15. The molecule has 0 aliphatic heterocycles. The number of pyridine rings is 2. The fraction of sp³-hybridized carbons (Fsp3) is 0.125. The van der Waals surface area contributed by atoms with Crippen molar-refractivity contribution < 1.29 is 0 Å². The minimum atomic E-state index is 0.911. The van der Waals surface area contributed by atoms with Crippen molar-refractivity contribution >= 4 is 16.3 Å². The first-order chi connectivity index (χ1) is 10.9. The molecule has 0 aliphatic carbocycles. The Bertz CT molecular complexity index is 883. The van der Waals surface area contributed by atoms with Gasteiger partial charge in [0.2, 0.25) is 4.96 Å². The van der Waals surface area contributed by atoms with Crippen LogP contribution in [-0.2, 0) is 12.8 Å². The molecule has 0 bridgehead atoms. The summed E-state index contributed by atoms with van der Waals surface area (Å²) >= 11 is 1.64. The molecule has 4 rings (SSSR count). The van der Waals surface area contributed by atoms with Gasteiger partial charge in [-0.05, 0) is 36.2 Å². The molecular formula is C16H13N5S. The molecule has 0 aromatic carbocycles. The third-order valence-corrected chi connectivity index (χ3v) is 4.46. The van der Waals surface area contributed by atoms with Gasteiger partial charge < -0.3 is 0 Å². The minimum Gasteiger partial charge on any atom is -0.265 e. The molecule has 0 aliphatic rings. The molecular weight excluding hydrogens is 294 g/mol. The average molecular weight is 307 g/mol. The summed E-state index contributed by atoms with van der Waals surface area (Å²) < 4.78 is 1.92. The zero-order valence-corrected chi connectivity index (χ0v) is 12.6. The van der Waals surface area contributed by atoms with Crippen molar-refractivity contribution in [2.45, 2.75) is 12.8 Å². The largest absolute Gasteiger partial charge is 0.265 e. The number of imidazole rings is 1. The number of fused-ring (bicyclic) bond motifs is 1. The quantitative estimate of drug-likeness (QED) is 0.581. The molecule has 4 aromatic heterocycles. The van der Waals surface area contributed by atoms with Crippen LogP contribution in [-0.4, -0.2) is 24.6 Å². The van der Waals surface area contributed by atoms with Crippen LogP contribution in [0.15, 0.2) is 55.2 Å². The summed E-state index contributed by atoms with van der Waals surface area (Å²) in [5, 5.41) is 5.79. The fourth-order valence-corrected chi connectivity index (χ4v) is 3.22. The van der Waals surface area contributed by atoms with Gasteiger partial charge in [0.25, 0.3) is 0 Å². The van der Waals surface area contributed by atoms with Crippen LogP contribution in [0.4, 0.5) is 0 Å². The number of aromatic nitrogens is 5. The van der Waals surface area contributed by atoms with Crippen LogP contribution < -0.4 is 0 Å². The van der Waals surface area contributed by atoms with E-state index in [0.29, 0.717) is 0 Å². The Balaban J connectivity index is 1.60. The molecule has 4 aromatic rings. The van der Waals surface area contributed by atoms with Crippen molar-refractivity contribution in [3.8, 4) is 11.3 Å². The smallest absolute Gasteiger partial charge is 0.212 e. The molecule has 0 saturated carbocycles. The molecule has 0 unspecified atom stereocenters. The van der Waals surface area contributed by atoms with Gasteiger partial charge >= 0.3 is 0 Å². The van der Waals surface area contributed by atoms with Crippen LogP contribution in [0.2, 0.25) is 0 Å². The normalized spacial score (nSPS) is 11.1. The summed E-state index contributed by atoms with van der Waals surface area (Å²) in [6, 6.07) is 8.03. The number of nitrogens with zero attached hydrogens (tertiary/aromatic N) is 5. The van der Waals surface area contributed by atoms with E-state index in [0.717, 1.165) is 34.1 Å². The van der Waals surface area contributed by atoms with E-state index in [1.807, 2.05) is 47.4 Å². The van der Waals surface area contributed by atoms with Crippen molar-refractivity contribution in [2.75, 3.05) is 0 Å². The van der Waals surface area contributed by atoms with Crippen LogP contribution in [0.3, 0.4) is 0 Å². The van der Waals surface area contributed by atoms with E-state index in [-0.39, 0.29) is 0 Å². The highest BCUT2D eigenvalue weighted by molar-refractivity contribution is 7.16. The Labute approximate surface area is 131 Å². The van der Waals surface area contributed by atoms with Gasteiger partial charge in [-0.15, -0.1) is 0 Å². The van der Waals surface area contributed by atoms with Gasteiger partial charge in [0.05, 0.1) is 11.9 Å². The van der Waals surface area contributed by atoms with Crippen molar-refractivity contribution in [1.29, 1.82) is 0 Å². The Hall–Kier alpha value is -2.60. The molecule has 0 N–H and O–H groups in total. The monoisotopic (exact) mass is 307 g/mol. The molecule has 0 saturated heterocycles. The zero-order chi connectivity index (χ0) is 14.8.